The first-order valence-electron chi connectivity index (χ1n) is 8.19. The lowest BCUT2D eigenvalue weighted by Gasteiger charge is -2.24. The summed E-state index contributed by atoms with van der Waals surface area (Å²) in [6.07, 6.45) is 18.3. The molecule has 26 heavy (non-hydrogen) atoms. The van der Waals surface area contributed by atoms with E-state index in [1.165, 1.54) is 0 Å². The van der Waals surface area contributed by atoms with Gasteiger partial charge in [0.1, 0.15) is 0 Å². The lowest BCUT2D eigenvalue weighted by Crippen LogP contribution is -2.19. The van der Waals surface area contributed by atoms with Crippen LogP contribution in [-0.4, -0.2) is 11.9 Å². The van der Waals surface area contributed by atoms with Crippen LogP contribution in [0.5, 0.6) is 0 Å². The van der Waals surface area contributed by atoms with Crippen molar-refractivity contribution in [2.45, 2.75) is 12.8 Å². The quantitative estimate of drug-likeness (QED) is 0.403. The fraction of sp³-hybridized carbons (Fsp3) is 0.182. The summed E-state index contributed by atoms with van der Waals surface area (Å²) in [5.74, 6) is -1.47. The maximum Gasteiger partial charge on any atom is 0.385 e. The Morgan fingerprint density at radius 1 is 0.769 bits per heavy atom. The normalized spacial score (nSPS) is 19.4. The van der Waals surface area contributed by atoms with Crippen LogP contribution in [0, 0.1) is 10.8 Å². The molecule has 0 N–H and O–H groups in total. The number of carbonyl (C=O) groups excluding carboxylic acids is 2. The van der Waals surface area contributed by atoms with Gasteiger partial charge in [0.15, 0.2) is 0 Å². The smallest absolute Gasteiger partial charge is 0.242 e. The maximum absolute atomic E-state index is 12.0. The molecule has 0 fully saturated rings. The molecular formula is C22H22O4. The minimum absolute atomic E-state index is 0.308. The summed E-state index contributed by atoms with van der Waals surface area (Å²) in [5, 5.41) is 0. The van der Waals surface area contributed by atoms with Crippen molar-refractivity contribution in [2.24, 2.45) is 10.8 Å². The first kappa shape index (κ1) is 19.2. The molecule has 0 aliphatic heterocycles. The number of hydrogen-bond acceptors (Lipinski definition) is 4. The van der Waals surface area contributed by atoms with Crippen LogP contribution in [0.25, 0.3) is 0 Å². The Bertz CT molecular complexity index is 692. The lowest BCUT2D eigenvalue weighted by atomic mass is 9.80. The molecule has 4 nitrogen and oxygen atoms in total. The van der Waals surface area contributed by atoms with Crippen LogP contribution in [0.3, 0.4) is 0 Å². The van der Waals surface area contributed by atoms with Gasteiger partial charge in [-0.2, -0.15) is 0 Å². The highest BCUT2D eigenvalue weighted by molar-refractivity contribution is 5.94. The highest BCUT2D eigenvalue weighted by Gasteiger charge is 2.26. The molecule has 0 heterocycles. The van der Waals surface area contributed by atoms with E-state index in [4.69, 9.17) is 0 Å². The molecule has 2 rings (SSSR count). The molecule has 0 aromatic rings. The van der Waals surface area contributed by atoms with Gasteiger partial charge in [0.2, 0.25) is 0 Å². The second-order valence-corrected chi connectivity index (χ2v) is 6.18. The van der Waals surface area contributed by atoms with Crippen molar-refractivity contribution < 1.29 is 19.4 Å². The summed E-state index contributed by atoms with van der Waals surface area (Å²) in [4.78, 5) is 33.4. The highest BCUT2D eigenvalue weighted by Crippen LogP contribution is 2.33. The Hall–Kier alpha value is -3.14. The molecule has 0 amide bonds. The van der Waals surface area contributed by atoms with Gasteiger partial charge < -0.3 is 0 Å². The van der Waals surface area contributed by atoms with E-state index in [9.17, 15) is 9.59 Å². The molecule has 0 unspecified atom stereocenters. The van der Waals surface area contributed by atoms with E-state index in [0.717, 1.165) is 0 Å². The summed E-state index contributed by atoms with van der Waals surface area (Å²) in [6.45, 7) is 15.1. The molecule has 0 saturated heterocycles. The zero-order valence-corrected chi connectivity index (χ0v) is 14.6. The second-order valence-electron chi connectivity index (χ2n) is 6.18. The van der Waals surface area contributed by atoms with Crippen molar-refractivity contribution in [2.75, 3.05) is 0 Å². The topological polar surface area (TPSA) is 52.6 Å². The van der Waals surface area contributed by atoms with Gasteiger partial charge in [-0.3, -0.25) is 0 Å². The van der Waals surface area contributed by atoms with Crippen molar-refractivity contribution >= 4 is 11.9 Å². The number of carbonyl (C=O) groups is 2. The van der Waals surface area contributed by atoms with E-state index >= 15 is 0 Å². The van der Waals surface area contributed by atoms with Gasteiger partial charge in [0.05, 0.1) is 11.1 Å². The van der Waals surface area contributed by atoms with Gasteiger partial charge in [-0.1, -0.05) is 60.8 Å². The van der Waals surface area contributed by atoms with E-state index < -0.39 is 11.9 Å². The highest BCUT2D eigenvalue weighted by atomic mass is 17.2. The Kier molecular flexibility index (Phi) is 5.78. The first-order valence-corrected chi connectivity index (χ1v) is 8.19. The summed E-state index contributed by atoms with van der Waals surface area (Å²) >= 11 is 0. The fourth-order valence-electron chi connectivity index (χ4n) is 2.58. The van der Waals surface area contributed by atoms with Crippen LogP contribution >= 0.6 is 0 Å². The van der Waals surface area contributed by atoms with E-state index in [-0.39, 0.29) is 10.8 Å². The van der Waals surface area contributed by atoms with Crippen LogP contribution in [-0.2, 0) is 19.4 Å². The van der Waals surface area contributed by atoms with E-state index in [2.05, 4.69) is 36.1 Å². The Balaban J connectivity index is 1.92. The van der Waals surface area contributed by atoms with Gasteiger partial charge in [-0.25, -0.2) is 19.4 Å². The third kappa shape index (κ3) is 3.91. The maximum atomic E-state index is 12.0. The molecule has 2 aliphatic rings. The molecule has 134 valence electrons. The van der Waals surface area contributed by atoms with Gasteiger partial charge in [0, 0.05) is 10.8 Å². The van der Waals surface area contributed by atoms with Crippen molar-refractivity contribution in [1.82, 2.24) is 0 Å². The molecule has 0 saturated carbocycles. The average Bonchev–Trinajstić information content (AvgIpc) is 2.71. The van der Waals surface area contributed by atoms with Gasteiger partial charge in [-0.05, 0) is 12.8 Å². The van der Waals surface area contributed by atoms with Gasteiger partial charge in [-0.15, -0.1) is 26.3 Å². The van der Waals surface area contributed by atoms with Crippen LogP contribution in [0.1, 0.15) is 12.8 Å². The Labute approximate surface area is 153 Å². The summed E-state index contributed by atoms with van der Waals surface area (Å²) in [7, 11) is 0. The minimum Gasteiger partial charge on any atom is -0.242 e. The number of hydrogen-bond donors (Lipinski definition) is 0. The van der Waals surface area contributed by atoms with Crippen LogP contribution in [0.15, 0.2) is 98.2 Å². The Morgan fingerprint density at radius 2 is 1.12 bits per heavy atom. The summed E-state index contributed by atoms with van der Waals surface area (Å²) in [6, 6.07) is 0. The number of allylic oxidation sites excluding steroid dienone is 8. The monoisotopic (exact) mass is 350 g/mol. The zero-order chi connectivity index (χ0) is 19.2. The average molecular weight is 350 g/mol. The molecule has 4 heteroatoms. The van der Waals surface area contributed by atoms with Crippen LogP contribution in [0.4, 0.5) is 0 Å². The predicted octanol–water partition coefficient (Wildman–Crippen LogP) is 4.48. The number of rotatable bonds is 6. The van der Waals surface area contributed by atoms with Gasteiger partial charge in [0.25, 0.3) is 0 Å². The zero-order valence-electron chi connectivity index (χ0n) is 14.6. The fourth-order valence-corrected chi connectivity index (χ4v) is 2.58. The molecule has 0 radical (unpaired) electrons. The molecule has 0 aromatic carbocycles. The second kappa shape index (κ2) is 7.83. The summed E-state index contributed by atoms with van der Waals surface area (Å²) in [5.41, 5.74) is -0.132. The predicted molar refractivity (Wildman–Crippen MR) is 102 cm³/mol. The molecular weight excluding hydrogens is 328 g/mol. The third-order valence-corrected chi connectivity index (χ3v) is 4.68. The van der Waals surface area contributed by atoms with E-state index in [1.807, 2.05) is 12.2 Å². The van der Waals surface area contributed by atoms with Crippen molar-refractivity contribution in [3.05, 3.63) is 98.2 Å². The summed E-state index contributed by atoms with van der Waals surface area (Å²) < 4.78 is 0. The molecule has 0 aromatic heterocycles. The molecule has 0 spiro atoms. The van der Waals surface area contributed by atoms with Crippen LogP contribution in [0.2, 0.25) is 0 Å². The van der Waals surface area contributed by atoms with E-state index in [0.29, 0.717) is 24.0 Å². The first-order chi connectivity index (χ1) is 12.4. The standard InChI is InChI=1S/C22H22O4/c1-5-21(6-2)13-9-17(10-14-21)19(23)25-26-20(24)18-11-15-22(7-3,8-4)16-12-18/h5-13,15H,1-4,14,16H2. The molecule has 0 atom stereocenters. The van der Waals surface area contributed by atoms with Crippen molar-refractivity contribution in [3.63, 3.8) is 0 Å². The molecule has 2 aliphatic carbocycles. The van der Waals surface area contributed by atoms with Crippen molar-refractivity contribution in [3.8, 4) is 0 Å². The van der Waals surface area contributed by atoms with Crippen LogP contribution < -0.4 is 0 Å². The third-order valence-electron chi connectivity index (χ3n) is 4.68. The molecule has 0 bridgehead atoms. The van der Waals surface area contributed by atoms with Gasteiger partial charge >= 0.3 is 11.9 Å². The Morgan fingerprint density at radius 3 is 1.35 bits per heavy atom. The minimum atomic E-state index is -0.733. The van der Waals surface area contributed by atoms with Crippen molar-refractivity contribution in [1.29, 1.82) is 0 Å². The largest absolute Gasteiger partial charge is 0.385 e. The van der Waals surface area contributed by atoms with E-state index in [1.54, 1.807) is 48.6 Å². The lowest BCUT2D eigenvalue weighted by molar-refractivity contribution is -0.251. The SMILES string of the molecule is C=CC1(C=C)C=CC(C(=O)OOC(=O)C2=CCC(C=C)(C=C)C=C2)=CC1.